The molecule has 0 spiro atoms. The van der Waals surface area contributed by atoms with E-state index >= 15 is 0 Å². The molecular weight excluding hydrogens is 937 g/mol. The number of benzene rings is 3. The molecule has 3 aromatic carbocycles. The Morgan fingerprint density at radius 2 is 1.36 bits per heavy atom. The van der Waals surface area contributed by atoms with E-state index in [1.807, 2.05) is 99.5 Å². The maximum absolute atomic E-state index is 13.3. The Morgan fingerprint density at radius 1 is 0.639 bits per heavy atom. The first-order valence-corrected chi connectivity index (χ1v) is 25.0. The fraction of sp³-hybridized carbons (Fsp3) is 0.0727. The van der Waals surface area contributed by atoms with Gasteiger partial charge in [0.25, 0.3) is 0 Å². The second kappa shape index (κ2) is 17.7. The molecule has 1 amide bonds. The molecule has 0 fully saturated rings. The number of pyridine rings is 4. The van der Waals surface area contributed by atoms with Crippen LogP contribution in [0.25, 0.3) is 117 Å². The zero-order chi connectivity index (χ0) is 48.3. The van der Waals surface area contributed by atoms with Gasteiger partial charge in [0.15, 0.2) is 28.7 Å². The molecule has 0 aliphatic carbocycles. The predicted molar refractivity (Wildman–Crippen MR) is 285 cm³/mol. The molecule has 13 rings (SSSR count). The predicted octanol–water partition coefficient (Wildman–Crippen LogP) is 11.0. The number of nitrogens with one attached hydrogen (secondary N) is 5. The van der Waals surface area contributed by atoms with Gasteiger partial charge < -0.3 is 20.2 Å². The number of anilines is 1. The summed E-state index contributed by atoms with van der Waals surface area (Å²) in [6.45, 7) is 0.778. The van der Waals surface area contributed by atoms with Crippen LogP contribution < -0.4 is 9.88 Å². The lowest BCUT2D eigenvalue weighted by Gasteiger charge is -2.10. The molecule has 348 valence electrons. The number of thiophene rings is 2. The summed E-state index contributed by atoms with van der Waals surface area (Å²) in [7, 11) is 4.09. The van der Waals surface area contributed by atoms with Crippen molar-refractivity contribution in [2.24, 2.45) is 0 Å². The standard InChI is InChI=1S/C55H40N14OS2/c1-68(2)26-32-16-34(22-56-21-32)36-19-41-50(64-66-52(41)58-24-36)53-61-45-13-7-11-40(49(45)63-53)43-29-72-30-46(43)69-27-37(35-18-38(25-57-23-35)59-47(70)17-31-8-4-3-5-9-31)20-42-51(65-67-55(42)69)54-60-44-12-6-10-39(48(44)62-54)33-14-15-71-28-33/h3-16,18-25,27-30H,17,26H2,1-2H3,(H4,58,59,60,61,62,63,64,65,66,70)/p+1. The summed E-state index contributed by atoms with van der Waals surface area (Å²) in [6, 6.07) is 32.4. The first kappa shape index (κ1) is 43.0. The summed E-state index contributed by atoms with van der Waals surface area (Å²) in [5.74, 6) is 1.11. The van der Waals surface area contributed by atoms with Gasteiger partial charge in [-0.05, 0) is 84.0 Å². The highest BCUT2D eigenvalue weighted by molar-refractivity contribution is 7.08. The Hall–Kier alpha value is -9.03. The monoisotopic (exact) mass is 977 g/mol. The smallest absolute Gasteiger partial charge is 0.314 e. The molecule has 0 radical (unpaired) electrons. The van der Waals surface area contributed by atoms with Gasteiger partial charge in [0.1, 0.15) is 17.3 Å². The van der Waals surface area contributed by atoms with Crippen molar-refractivity contribution < 1.29 is 9.36 Å². The molecule has 0 aliphatic heterocycles. The number of para-hydroxylation sites is 2. The average molecular weight is 978 g/mol. The molecule has 10 aromatic heterocycles. The lowest BCUT2D eigenvalue weighted by molar-refractivity contribution is -0.567. The van der Waals surface area contributed by atoms with Crippen LogP contribution in [0.5, 0.6) is 0 Å². The van der Waals surface area contributed by atoms with E-state index in [1.54, 1.807) is 28.9 Å². The molecule has 72 heavy (non-hydrogen) atoms. The molecule has 5 N–H and O–H groups in total. The Labute approximate surface area is 418 Å². The van der Waals surface area contributed by atoms with Crippen LogP contribution in [-0.2, 0) is 17.8 Å². The first-order chi connectivity index (χ1) is 35.4. The Balaban J connectivity index is 0.921. The van der Waals surface area contributed by atoms with E-state index in [0.717, 1.165) is 106 Å². The Bertz CT molecular complexity index is 4170. The van der Waals surface area contributed by atoms with Gasteiger partial charge in [-0.15, -0.1) is 16.4 Å². The summed E-state index contributed by atoms with van der Waals surface area (Å²) in [5.41, 5.74) is 17.3. The quantitative estimate of drug-likeness (QED) is 0.0742. The van der Waals surface area contributed by atoms with Gasteiger partial charge in [-0.3, -0.25) is 19.9 Å². The number of rotatable bonds is 12. The summed E-state index contributed by atoms with van der Waals surface area (Å²) < 4.78 is 2.14. The maximum atomic E-state index is 13.3. The molecule has 17 heteroatoms. The van der Waals surface area contributed by atoms with Gasteiger partial charge in [-0.25, -0.2) is 15.0 Å². The van der Waals surface area contributed by atoms with Crippen LogP contribution in [0.1, 0.15) is 11.1 Å². The van der Waals surface area contributed by atoms with Crippen LogP contribution in [0.15, 0.2) is 156 Å². The highest BCUT2D eigenvalue weighted by atomic mass is 32.1. The van der Waals surface area contributed by atoms with Gasteiger partial charge in [0.2, 0.25) is 5.91 Å². The van der Waals surface area contributed by atoms with Crippen LogP contribution >= 0.6 is 22.7 Å². The van der Waals surface area contributed by atoms with Crippen molar-refractivity contribution in [1.29, 1.82) is 0 Å². The van der Waals surface area contributed by atoms with Gasteiger partial charge in [0, 0.05) is 81.0 Å². The second-order valence-electron chi connectivity index (χ2n) is 17.9. The molecule has 10 heterocycles. The van der Waals surface area contributed by atoms with Gasteiger partial charge in [-0.1, -0.05) is 59.7 Å². The van der Waals surface area contributed by atoms with Crippen molar-refractivity contribution >= 4 is 78.4 Å². The summed E-state index contributed by atoms with van der Waals surface area (Å²) >= 11 is 3.25. The number of hydrogen-bond donors (Lipinski definition) is 5. The highest BCUT2D eigenvalue weighted by Gasteiger charge is 2.27. The maximum Gasteiger partial charge on any atom is 0.314 e. The van der Waals surface area contributed by atoms with Crippen LogP contribution in [0.3, 0.4) is 0 Å². The fourth-order valence-corrected chi connectivity index (χ4v) is 10.9. The van der Waals surface area contributed by atoms with Crippen LogP contribution in [-0.4, -0.2) is 80.2 Å². The van der Waals surface area contributed by atoms with Crippen molar-refractivity contribution in [3.05, 3.63) is 167 Å². The minimum atomic E-state index is -0.131. The molecule has 0 atom stereocenters. The van der Waals surface area contributed by atoms with E-state index in [1.165, 1.54) is 0 Å². The highest BCUT2D eigenvalue weighted by Crippen LogP contribution is 2.38. The number of carbonyl (C=O) groups is 1. The van der Waals surface area contributed by atoms with Crippen molar-refractivity contribution in [2.45, 2.75) is 13.0 Å². The van der Waals surface area contributed by atoms with Crippen LogP contribution in [0.4, 0.5) is 5.69 Å². The lowest BCUT2D eigenvalue weighted by Crippen LogP contribution is -2.32. The topological polar surface area (TPSA) is 190 Å². The minimum Gasteiger partial charge on any atom is -0.337 e. The Morgan fingerprint density at radius 3 is 2.15 bits per heavy atom. The number of hydrogen-bond acceptors (Lipinski definition) is 11. The molecule has 0 unspecified atom stereocenters. The van der Waals surface area contributed by atoms with Crippen molar-refractivity contribution in [1.82, 2.24) is 60.2 Å². The number of nitrogens with zero attached hydrogens (tertiary/aromatic N) is 9. The lowest BCUT2D eigenvalue weighted by atomic mass is 10.0. The summed E-state index contributed by atoms with van der Waals surface area (Å²) in [4.78, 5) is 46.9. The summed E-state index contributed by atoms with van der Waals surface area (Å²) in [5, 5.41) is 29.4. The van der Waals surface area contributed by atoms with E-state index < -0.39 is 0 Å². The molecule has 0 saturated heterocycles. The number of aromatic amines is 4. The normalized spacial score (nSPS) is 11.8. The Kier molecular flexibility index (Phi) is 10.6. The number of imidazole rings is 2. The minimum absolute atomic E-state index is 0.131. The first-order valence-electron chi connectivity index (χ1n) is 23.1. The van der Waals surface area contributed by atoms with Crippen molar-refractivity contribution in [3.63, 3.8) is 0 Å². The average Bonchev–Trinajstić information content (AvgIpc) is 4.27. The van der Waals surface area contributed by atoms with Gasteiger partial charge in [-0.2, -0.15) is 21.0 Å². The fourth-order valence-electron chi connectivity index (χ4n) is 9.41. The van der Waals surface area contributed by atoms with E-state index in [0.29, 0.717) is 34.4 Å². The zero-order valence-electron chi connectivity index (χ0n) is 38.7. The number of fused-ring (bicyclic) bond motifs is 4. The van der Waals surface area contributed by atoms with E-state index in [9.17, 15) is 4.79 Å². The molecule has 13 aromatic rings. The molecule has 0 aliphatic rings. The SMILES string of the molecule is CN(C)Cc1cncc(-c2cnc3[nH]nc(-c4nc5c(-c6cscc6-[n+]6cc(-c7cncc(NC(=O)Cc8ccccc8)c7)cc7c(-c8nc9c(-c%10ccsc%10)cccc9[nH]8)n[nH]c76)cccc5[nH]4)c3c2)c1. The number of H-pyrrole nitrogens is 4. The third-order valence-corrected chi connectivity index (χ3v) is 14.1. The number of aromatic nitrogens is 12. The molecule has 0 saturated carbocycles. The number of amides is 1. The van der Waals surface area contributed by atoms with Gasteiger partial charge in [0.05, 0.1) is 45.8 Å². The van der Waals surface area contributed by atoms with Crippen molar-refractivity contribution in [2.75, 3.05) is 19.4 Å². The van der Waals surface area contributed by atoms with Crippen LogP contribution in [0.2, 0.25) is 0 Å². The van der Waals surface area contributed by atoms with Crippen molar-refractivity contribution in [3.8, 4) is 73.2 Å². The summed E-state index contributed by atoms with van der Waals surface area (Å²) in [6.07, 6.45) is 11.4. The van der Waals surface area contributed by atoms with Gasteiger partial charge >= 0.3 is 5.65 Å². The van der Waals surface area contributed by atoms with E-state index in [4.69, 9.17) is 25.1 Å². The number of carbonyl (C=O) groups excluding carboxylic acids is 1. The second-order valence-corrected chi connectivity index (χ2v) is 19.4. The zero-order valence-corrected chi connectivity index (χ0v) is 40.3. The third-order valence-electron chi connectivity index (χ3n) is 12.7. The molecular formula is C55H41N14OS2+. The third kappa shape index (κ3) is 7.87. The van der Waals surface area contributed by atoms with Crippen LogP contribution in [0, 0.1) is 0 Å². The molecule has 15 nitrogen and oxygen atoms in total. The largest absolute Gasteiger partial charge is 0.337 e. The van der Waals surface area contributed by atoms with E-state index in [-0.39, 0.29) is 12.3 Å². The molecule has 0 bridgehead atoms. The van der Waals surface area contributed by atoms with E-state index in [2.05, 4.69) is 109 Å².